The van der Waals surface area contributed by atoms with Gasteiger partial charge in [0.15, 0.2) is 11.6 Å². The molecular weight excluding hydrogens is 371 g/mol. The highest BCUT2D eigenvalue weighted by atomic mass is 35.5. The molecule has 2 aliphatic rings. The lowest BCUT2D eigenvalue weighted by molar-refractivity contribution is 0.122. The average Bonchev–Trinajstić information content (AvgIpc) is 2.69. The van der Waals surface area contributed by atoms with E-state index in [9.17, 15) is 4.39 Å². The summed E-state index contributed by atoms with van der Waals surface area (Å²) in [4.78, 5) is 17.3. The highest BCUT2D eigenvalue weighted by Crippen LogP contribution is 2.24. The maximum atomic E-state index is 14.2. The van der Waals surface area contributed by atoms with Crippen molar-refractivity contribution in [3.8, 4) is 0 Å². The van der Waals surface area contributed by atoms with Gasteiger partial charge in [0, 0.05) is 44.6 Å². The molecule has 9 heteroatoms. The molecule has 0 aliphatic carbocycles. The number of pyridine rings is 1. The van der Waals surface area contributed by atoms with Crippen molar-refractivity contribution < 1.29 is 9.13 Å². The molecule has 4 heterocycles. The highest BCUT2D eigenvalue weighted by Gasteiger charge is 2.24. The lowest BCUT2D eigenvalue weighted by Gasteiger charge is -2.34. The van der Waals surface area contributed by atoms with Crippen LogP contribution in [0.15, 0.2) is 24.5 Å². The van der Waals surface area contributed by atoms with Gasteiger partial charge in [-0.25, -0.2) is 14.4 Å². The largest absolute Gasteiger partial charge is 0.378 e. The van der Waals surface area contributed by atoms with Gasteiger partial charge in [0.05, 0.1) is 18.2 Å². The minimum Gasteiger partial charge on any atom is -0.378 e. The van der Waals surface area contributed by atoms with Crippen LogP contribution in [0.5, 0.6) is 0 Å². The molecule has 1 unspecified atom stereocenters. The molecule has 2 aromatic heterocycles. The van der Waals surface area contributed by atoms with Crippen LogP contribution in [0, 0.1) is 5.82 Å². The predicted octanol–water partition coefficient (Wildman–Crippen LogP) is 2.58. The van der Waals surface area contributed by atoms with Gasteiger partial charge in [0.2, 0.25) is 5.95 Å². The summed E-state index contributed by atoms with van der Waals surface area (Å²) < 4.78 is 19.6. The number of hydrogen-bond acceptors (Lipinski definition) is 7. The van der Waals surface area contributed by atoms with Crippen molar-refractivity contribution >= 4 is 29.2 Å². The van der Waals surface area contributed by atoms with Gasteiger partial charge in [0.1, 0.15) is 5.82 Å². The molecule has 144 valence electrons. The second-order valence-electron chi connectivity index (χ2n) is 6.73. The van der Waals surface area contributed by atoms with Crippen molar-refractivity contribution in [2.75, 3.05) is 54.5 Å². The van der Waals surface area contributed by atoms with Gasteiger partial charge in [-0.1, -0.05) is 11.6 Å². The van der Waals surface area contributed by atoms with Gasteiger partial charge in [-0.05, 0) is 25.0 Å². The van der Waals surface area contributed by atoms with Gasteiger partial charge < -0.3 is 19.9 Å². The van der Waals surface area contributed by atoms with Crippen LogP contribution in [0.3, 0.4) is 0 Å². The van der Waals surface area contributed by atoms with E-state index in [1.165, 1.54) is 12.3 Å². The Morgan fingerprint density at radius 2 is 2.04 bits per heavy atom. The molecule has 1 atom stereocenters. The zero-order chi connectivity index (χ0) is 18.6. The second kappa shape index (κ2) is 8.22. The van der Waals surface area contributed by atoms with E-state index in [2.05, 4.69) is 25.2 Å². The standard InChI is InChI=1S/C18H22ClFN6O/c19-13-10-15(20)17(22-11-13)26-5-1-2-14(12-26)23-16-3-4-21-18(24-16)25-6-8-27-9-7-25/h3-4,10-11,14H,1-2,5-9,12H2,(H,21,23,24). The average molecular weight is 393 g/mol. The number of ether oxygens (including phenoxy) is 1. The molecule has 0 amide bonds. The zero-order valence-electron chi connectivity index (χ0n) is 14.9. The first-order valence-electron chi connectivity index (χ1n) is 9.17. The molecule has 4 rings (SSSR count). The summed E-state index contributed by atoms with van der Waals surface area (Å²) in [6.07, 6.45) is 5.18. The van der Waals surface area contributed by atoms with Gasteiger partial charge >= 0.3 is 0 Å². The number of rotatable bonds is 4. The molecule has 0 radical (unpaired) electrons. The third kappa shape index (κ3) is 4.39. The van der Waals surface area contributed by atoms with E-state index in [1.807, 2.05) is 11.0 Å². The van der Waals surface area contributed by atoms with Gasteiger partial charge in [-0.15, -0.1) is 0 Å². The molecule has 27 heavy (non-hydrogen) atoms. The maximum absolute atomic E-state index is 14.2. The highest BCUT2D eigenvalue weighted by molar-refractivity contribution is 6.30. The predicted molar refractivity (Wildman–Crippen MR) is 103 cm³/mol. The van der Waals surface area contributed by atoms with Crippen molar-refractivity contribution in [1.82, 2.24) is 15.0 Å². The number of piperidine rings is 1. The summed E-state index contributed by atoms with van der Waals surface area (Å²) in [6, 6.07) is 3.33. The first kappa shape index (κ1) is 18.2. The first-order chi connectivity index (χ1) is 13.2. The van der Waals surface area contributed by atoms with Crippen LogP contribution in [0.4, 0.5) is 22.0 Å². The normalized spacial score (nSPS) is 20.6. The van der Waals surface area contributed by atoms with Crippen LogP contribution < -0.4 is 15.1 Å². The summed E-state index contributed by atoms with van der Waals surface area (Å²) in [5, 5.41) is 3.77. The van der Waals surface area contributed by atoms with E-state index in [0.29, 0.717) is 36.5 Å². The Morgan fingerprint density at radius 3 is 2.85 bits per heavy atom. The SMILES string of the molecule is Fc1cc(Cl)cnc1N1CCCC(Nc2ccnc(N3CCOCC3)n2)C1. The summed E-state index contributed by atoms with van der Waals surface area (Å²) in [5.41, 5.74) is 0. The van der Waals surface area contributed by atoms with Crippen LogP contribution >= 0.6 is 11.6 Å². The van der Waals surface area contributed by atoms with E-state index in [-0.39, 0.29) is 11.9 Å². The summed E-state index contributed by atoms with van der Waals surface area (Å²) in [6.45, 7) is 4.40. The van der Waals surface area contributed by atoms with E-state index < -0.39 is 0 Å². The number of halogens is 2. The van der Waals surface area contributed by atoms with E-state index in [4.69, 9.17) is 16.3 Å². The molecule has 1 N–H and O–H groups in total. The molecule has 0 bridgehead atoms. The third-order valence-corrected chi connectivity index (χ3v) is 5.00. The molecule has 0 spiro atoms. The van der Waals surface area contributed by atoms with Crippen molar-refractivity contribution in [2.24, 2.45) is 0 Å². The fraction of sp³-hybridized carbons (Fsp3) is 0.500. The van der Waals surface area contributed by atoms with Crippen LogP contribution in [0.25, 0.3) is 0 Å². The lowest BCUT2D eigenvalue weighted by Crippen LogP contribution is -2.43. The Morgan fingerprint density at radius 1 is 1.19 bits per heavy atom. The Bertz CT molecular complexity index is 788. The van der Waals surface area contributed by atoms with Gasteiger partial charge in [-0.3, -0.25) is 0 Å². The molecule has 0 aromatic carbocycles. The number of morpholine rings is 1. The topological polar surface area (TPSA) is 66.4 Å². The summed E-state index contributed by atoms with van der Waals surface area (Å²) in [5.74, 6) is 1.45. The Hall–Kier alpha value is -2.19. The van der Waals surface area contributed by atoms with Crippen molar-refractivity contribution in [3.63, 3.8) is 0 Å². The second-order valence-corrected chi connectivity index (χ2v) is 7.17. The fourth-order valence-corrected chi connectivity index (χ4v) is 3.63. The molecular formula is C18H22ClFN6O. The minimum absolute atomic E-state index is 0.156. The minimum atomic E-state index is -0.389. The van der Waals surface area contributed by atoms with E-state index in [1.54, 1.807) is 6.20 Å². The Kier molecular flexibility index (Phi) is 5.54. The lowest BCUT2D eigenvalue weighted by atomic mass is 10.1. The van der Waals surface area contributed by atoms with Crippen molar-refractivity contribution in [3.05, 3.63) is 35.4 Å². The Balaban J connectivity index is 1.43. The van der Waals surface area contributed by atoms with Crippen LogP contribution in [0.1, 0.15) is 12.8 Å². The number of aromatic nitrogens is 3. The van der Waals surface area contributed by atoms with Crippen molar-refractivity contribution in [2.45, 2.75) is 18.9 Å². The monoisotopic (exact) mass is 392 g/mol. The van der Waals surface area contributed by atoms with Crippen LogP contribution in [-0.4, -0.2) is 60.4 Å². The number of anilines is 3. The maximum Gasteiger partial charge on any atom is 0.227 e. The summed E-state index contributed by atoms with van der Waals surface area (Å²) >= 11 is 5.81. The molecule has 2 aliphatic heterocycles. The quantitative estimate of drug-likeness (QED) is 0.857. The fourth-order valence-electron chi connectivity index (χ4n) is 3.48. The smallest absolute Gasteiger partial charge is 0.227 e. The molecule has 2 fully saturated rings. The van der Waals surface area contributed by atoms with E-state index >= 15 is 0 Å². The number of hydrogen-bond donors (Lipinski definition) is 1. The van der Waals surface area contributed by atoms with Crippen LogP contribution in [-0.2, 0) is 4.74 Å². The van der Waals surface area contributed by atoms with Crippen molar-refractivity contribution in [1.29, 1.82) is 0 Å². The molecule has 0 saturated carbocycles. The number of nitrogens with zero attached hydrogens (tertiary/aromatic N) is 5. The van der Waals surface area contributed by atoms with Gasteiger partial charge in [0.25, 0.3) is 0 Å². The molecule has 2 saturated heterocycles. The molecule has 7 nitrogen and oxygen atoms in total. The van der Waals surface area contributed by atoms with E-state index in [0.717, 1.165) is 38.3 Å². The zero-order valence-corrected chi connectivity index (χ0v) is 15.7. The van der Waals surface area contributed by atoms with Crippen LogP contribution in [0.2, 0.25) is 5.02 Å². The Labute approximate surface area is 162 Å². The third-order valence-electron chi connectivity index (χ3n) is 4.80. The first-order valence-corrected chi connectivity index (χ1v) is 9.55. The molecule has 2 aromatic rings. The number of nitrogens with one attached hydrogen (secondary N) is 1. The summed E-state index contributed by atoms with van der Waals surface area (Å²) in [7, 11) is 0. The van der Waals surface area contributed by atoms with Gasteiger partial charge in [-0.2, -0.15) is 4.98 Å².